The number of thiazole rings is 1. The lowest BCUT2D eigenvalue weighted by Gasteiger charge is -2.06. The molecule has 0 aliphatic rings. The van der Waals surface area contributed by atoms with Gasteiger partial charge >= 0.3 is 5.97 Å². The van der Waals surface area contributed by atoms with Crippen LogP contribution in [0.25, 0.3) is 16.2 Å². The Balaban J connectivity index is 2.21. The van der Waals surface area contributed by atoms with Gasteiger partial charge in [0, 0.05) is 11.3 Å². The Morgan fingerprint density at radius 2 is 1.96 bits per heavy atom. The zero-order chi connectivity index (χ0) is 17.3. The maximum Gasteiger partial charge on any atom is 0.347 e. The fourth-order valence-corrected chi connectivity index (χ4v) is 3.99. The third-order valence-corrected chi connectivity index (χ3v) is 5.12. The number of aromatic nitrogens is 2. The number of aromatic carboxylic acids is 1. The van der Waals surface area contributed by atoms with Crippen molar-refractivity contribution in [1.29, 1.82) is 0 Å². The molecule has 24 heavy (non-hydrogen) atoms. The Bertz CT molecular complexity index is 878. The molecule has 1 aromatic carbocycles. The molecule has 0 amide bonds. The molecule has 1 N–H and O–H groups in total. The van der Waals surface area contributed by atoms with E-state index in [1.54, 1.807) is 7.11 Å². The molecule has 0 fully saturated rings. The number of carboxylic acid groups (broad SMARTS) is 1. The summed E-state index contributed by atoms with van der Waals surface area (Å²) in [6.07, 6.45) is 2.41. The molecule has 2 aromatic heterocycles. The normalized spacial score (nSPS) is 11.1. The Morgan fingerprint density at radius 1 is 1.25 bits per heavy atom. The first-order chi connectivity index (χ1) is 11.6. The lowest BCUT2D eigenvalue weighted by Crippen LogP contribution is -2.04. The molecule has 5 nitrogen and oxygen atoms in total. The van der Waals surface area contributed by atoms with E-state index in [0.717, 1.165) is 52.6 Å². The number of nitrogens with zero attached hydrogens (tertiary/aromatic N) is 2. The standard InChI is InChI=1S/C18H20N2O3S/c1-4-6-14-16(17(21)22)24-18-19-15(13(5-2)20(14)18)11-7-9-12(23-3)10-8-11/h7-10H,4-6H2,1-3H3,(H,21,22). The SMILES string of the molecule is CCCc1c(C(=O)O)sc2nc(-c3ccc(OC)cc3)c(CC)n12. The van der Waals surface area contributed by atoms with Crippen LogP contribution >= 0.6 is 11.3 Å². The van der Waals surface area contributed by atoms with Crippen LogP contribution < -0.4 is 4.74 Å². The quantitative estimate of drug-likeness (QED) is 0.725. The van der Waals surface area contributed by atoms with Crippen LogP contribution in [0, 0.1) is 0 Å². The van der Waals surface area contributed by atoms with Gasteiger partial charge in [-0.3, -0.25) is 4.40 Å². The molecule has 0 unspecified atom stereocenters. The molecule has 0 saturated carbocycles. The molecular formula is C18H20N2O3S. The van der Waals surface area contributed by atoms with Crippen molar-refractivity contribution in [3.63, 3.8) is 0 Å². The average molecular weight is 344 g/mol. The van der Waals surface area contributed by atoms with Gasteiger partial charge in [-0.2, -0.15) is 0 Å². The third kappa shape index (κ3) is 2.67. The summed E-state index contributed by atoms with van der Waals surface area (Å²) >= 11 is 1.25. The van der Waals surface area contributed by atoms with Gasteiger partial charge in [0.1, 0.15) is 10.6 Å². The predicted octanol–water partition coefficient (Wildman–Crippen LogP) is 4.28. The summed E-state index contributed by atoms with van der Waals surface area (Å²) in [6, 6.07) is 7.81. The number of rotatable bonds is 6. The van der Waals surface area contributed by atoms with Gasteiger partial charge in [0.15, 0.2) is 4.96 Å². The summed E-state index contributed by atoms with van der Waals surface area (Å²) in [5.74, 6) is -0.0698. The van der Waals surface area contributed by atoms with Crippen molar-refractivity contribution >= 4 is 22.3 Å². The summed E-state index contributed by atoms with van der Waals surface area (Å²) in [6.45, 7) is 4.13. The molecule has 0 aliphatic heterocycles. The summed E-state index contributed by atoms with van der Waals surface area (Å²) in [4.78, 5) is 17.4. The number of imidazole rings is 1. The molecule has 0 spiro atoms. The van der Waals surface area contributed by atoms with Gasteiger partial charge in [0.2, 0.25) is 0 Å². The summed E-state index contributed by atoms with van der Waals surface area (Å²) in [5.41, 5.74) is 3.85. The second-order valence-corrected chi connectivity index (χ2v) is 6.52. The van der Waals surface area contributed by atoms with E-state index in [1.807, 2.05) is 28.7 Å². The Labute approximate surface area is 144 Å². The summed E-state index contributed by atoms with van der Waals surface area (Å²) in [5, 5.41) is 9.47. The van der Waals surface area contributed by atoms with Crippen molar-refractivity contribution in [2.75, 3.05) is 7.11 Å². The number of carbonyl (C=O) groups is 1. The monoisotopic (exact) mass is 344 g/mol. The summed E-state index contributed by atoms with van der Waals surface area (Å²) in [7, 11) is 1.64. The lowest BCUT2D eigenvalue weighted by molar-refractivity contribution is 0.0700. The Hall–Kier alpha value is -2.34. The van der Waals surface area contributed by atoms with Crippen LogP contribution in [-0.2, 0) is 12.8 Å². The van der Waals surface area contributed by atoms with E-state index < -0.39 is 5.97 Å². The van der Waals surface area contributed by atoms with Gasteiger partial charge in [-0.25, -0.2) is 9.78 Å². The number of benzene rings is 1. The van der Waals surface area contributed by atoms with Crippen molar-refractivity contribution < 1.29 is 14.6 Å². The van der Waals surface area contributed by atoms with Crippen molar-refractivity contribution in [2.24, 2.45) is 0 Å². The first-order valence-corrected chi connectivity index (χ1v) is 8.83. The average Bonchev–Trinajstić information content (AvgIpc) is 3.12. The highest BCUT2D eigenvalue weighted by molar-refractivity contribution is 7.19. The minimum absolute atomic E-state index is 0.398. The molecule has 0 saturated heterocycles. The van der Waals surface area contributed by atoms with E-state index in [4.69, 9.17) is 9.72 Å². The highest BCUT2D eigenvalue weighted by Crippen LogP contribution is 2.33. The van der Waals surface area contributed by atoms with E-state index in [9.17, 15) is 9.90 Å². The van der Waals surface area contributed by atoms with Gasteiger partial charge in [0.25, 0.3) is 0 Å². The smallest absolute Gasteiger partial charge is 0.347 e. The summed E-state index contributed by atoms with van der Waals surface area (Å²) < 4.78 is 7.25. The highest BCUT2D eigenvalue weighted by atomic mass is 32.1. The van der Waals surface area contributed by atoms with Crippen molar-refractivity contribution in [3.05, 3.63) is 40.5 Å². The van der Waals surface area contributed by atoms with Gasteiger partial charge in [0.05, 0.1) is 18.5 Å². The molecule has 2 heterocycles. The molecule has 0 bridgehead atoms. The Morgan fingerprint density at radius 3 is 2.50 bits per heavy atom. The first kappa shape index (κ1) is 16.5. The van der Waals surface area contributed by atoms with Gasteiger partial charge in [-0.05, 0) is 37.1 Å². The molecule has 0 aliphatic carbocycles. The number of carboxylic acids is 1. The number of ether oxygens (including phenoxy) is 1. The molecule has 0 atom stereocenters. The van der Waals surface area contributed by atoms with Crippen LogP contribution in [0.3, 0.4) is 0 Å². The minimum Gasteiger partial charge on any atom is -0.497 e. The lowest BCUT2D eigenvalue weighted by atomic mass is 10.1. The van der Waals surface area contributed by atoms with Crippen LogP contribution in [0.4, 0.5) is 0 Å². The third-order valence-electron chi connectivity index (χ3n) is 4.05. The maximum atomic E-state index is 11.5. The molecule has 126 valence electrons. The molecular weight excluding hydrogens is 324 g/mol. The predicted molar refractivity (Wildman–Crippen MR) is 95.4 cm³/mol. The van der Waals surface area contributed by atoms with Gasteiger partial charge < -0.3 is 9.84 Å². The van der Waals surface area contributed by atoms with Crippen molar-refractivity contribution in [3.8, 4) is 17.0 Å². The van der Waals surface area contributed by atoms with Crippen LogP contribution in [0.2, 0.25) is 0 Å². The van der Waals surface area contributed by atoms with Crippen molar-refractivity contribution in [1.82, 2.24) is 9.38 Å². The van der Waals surface area contributed by atoms with Crippen molar-refractivity contribution in [2.45, 2.75) is 33.1 Å². The second kappa shape index (κ2) is 6.65. The maximum absolute atomic E-state index is 11.5. The topological polar surface area (TPSA) is 63.8 Å². The number of aryl methyl sites for hydroxylation is 2. The number of fused-ring (bicyclic) bond motifs is 1. The molecule has 6 heteroatoms. The number of hydrogen-bond acceptors (Lipinski definition) is 4. The second-order valence-electron chi connectivity index (χ2n) is 5.54. The number of methoxy groups -OCH3 is 1. The van der Waals surface area contributed by atoms with Gasteiger partial charge in [-0.1, -0.05) is 31.6 Å². The minimum atomic E-state index is -0.873. The van der Waals surface area contributed by atoms with E-state index in [1.165, 1.54) is 11.3 Å². The fourth-order valence-electron chi connectivity index (χ4n) is 2.96. The Kier molecular flexibility index (Phi) is 4.57. The van der Waals surface area contributed by atoms with E-state index in [2.05, 4.69) is 13.8 Å². The first-order valence-electron chi connectivity index (χ1n) is 8.01. The number of hydrogen-bond donors (Lipinski definition) is 1. The fraction of sp³-hybridized carbons (Fsp3) is 0.333. The largest absolute Gasteiger partial charge is 0.497 e. The molecule has 3 rings (SSSR count). The van der Waals surface area contributed by atoms with Crippen LogP contribution in [0.1, 0.15) is 41.3 Å². The van der Waals surface area contributed by atoms with E-state index in [0.29, 0.717) is 4.88 Å². The zero-order valence-electron chi connectivity index (χ0n) is 14.0. The van der Waals surface area contributed by atoms with Crippen LogP contribution in [0.5, 0.6) is 5.75 Å². The van der Waals surface area contributed by atoms with Gasteiger partial charge in [-0.15, -0.1) is 0 Å². The van der Waals surface area contributed by atoms with Crippen LogP contribution in [-0.4, -0.2) is 27.6 Å². The van der Waals surface area contributed by atoms with Crippen LogP contribution in [0.15, 0.2) is 24.3 Å². The molecule has 3 aromatic rings. The van der Waals surface area contributed by atoms with E-state index >= 15 is 0 Å². The van der Waals surface area contributed by atoms with E-state index in [-0.39, 0.29) is 0 Å². The molecule has 0 radical (unpaired) electrons. The highest BCUT2D eigenvalue weighted by Gasteiger charge is 2.23. The zero-order valence-corrected chi connectivity index (χ0v) is 14.8.